The van der Waals surface area contributed by atoms with Crippen molar-refractivity contribution in [3.05, 3.63) is 82.1 Å². The molecule has 0 radical (unpaired) electrons. The van der Waals surface area contributed by atoms with Gasteiger partial charge in [-0.2, -0.15) is 9.41 Å². The van der Waals surface area contributed by atoms with Crippen LogP contribution < -0.4 is 5.43 Å². The van der Waals surface area contributed by atoms with Gasteiger partial charge in [-0.05, 0) is 76.1 Å². The molecule has 9 heteroatoms. The van der Waals surface area contributed by atoms with Crippen molar-refractivity contribution in [3.63, 3.8) is 0 Å². The van der Waals surface area contributed by atoms with Gasteiger partial charge in [0.05, 0.1) is 11.1 Å². The molecule has 4 rings (SSSR count). The summed E-state index contributed by atoms with van der Waals surface area (Å²) < 4.78 is 29.5. The average Bonchev–Trinajstić information content (AvgIpc) is 3.40. The van der Waals surface area contributed by atoms with Crippen LogP contribution in [0, 0.1) is 20.8 Å². The number of carbonyl (C=O) groups is 1. The van der Waals surface area contributed by atoms with Gasteiger partial charge in [0.2, 0.25) is 10.0 Å². The van der Waals surface area contributed by atoms with Crippen molar-refractivity contribution >= 4 is 33.7 Å². The van der Waals surface area contributed by atoms with Gasteiger partial charge in [-0.15, -0.1) is 0 Å². The van der Waals surface area contributed by atoms with Crippen LogP contribution in [0.15, 0.2) is 64.6 Å². The molecule has 1 fully saturated rings. The molecule has 0 saturated carbocycles. The van der Waals surface area contributed by atoms with Crippen LogP contribution in [0.2, 0.25) is 5.02 Å². The van der Waals surface area contributed by atoms with E-state index in [-0.39, 0.29) is 11.4 Å². The Morgan fingerprint density at radius 1 is 1.09 bits per heavy atom. The molecule has 0 aliphatic carbocycles. The Kier molecular flexibility index (Phi) is 6.93. The molecule has 1 atom stereocenters. The van der Waals surface area contributed by atoms with Crippen molar-refractivity contribution < 1.29 is 13.2 Å². The molecule has 1 saturated heterocycles. The minimum Gasteiger partial charge on any atom is -0.318 e. The number of nitrogens with one attached hydrogen (secondary N) is 1. The third-order valence-electron chi connectivity index (χ3n) is 6.07. The minimum absolute atomic E-state index is 0.114. The first-order chi connectivity index (χ1) is 16.2. The molecule has 1 aliphatic rings. The molecular formula is C25H27ClN4O3S. The summed E-state index contributed by atoms with van der Waals surface area (Å²) in [5, 5.41) is 4.58. The second kappa shape index (κ2) is 9.74. The van der Waals surface area contributed by atoms with Crippen LogP contribution >= 0.6 is 11.6 Å². The van der Waals surface area contributed by atoms with Crippen LogP contribution in [0.1, 0.15) is 35.4 Å². The molecule has 1 aromatic heterocycles. The molecule has 3 aromatic rings. The number of nitrogens with zero attached hydrogens (tertiary/aromatic N) is 3. The van der Waals surface area contributed by atoms with Crippen LogP contribution in [0.3, 0.4) is 0 Å². The highest BCUT2D eigenvalue weighted by atomic mass is 35.5. The summed E-state index contributed by atoms with van der Waals surface area (Å²) in [5.74, 6) is -0.446. The van der Waals surface area contributed by atoms with Gasteiger partial charge in [0, 0.05) is 34.2 Å². The van der Waals surface area contributed by atoms with Crippen molar-refractivity contribution in [2.75, 3.05) is 6.54 Å². The lowest BCUT2D eigenvalue weighted by molar-refractivity contribution is -0.124. The predicted octanol–water partition coefficient (Wildman–Crippen LogP) is 4.36. The standard InChI is InChI=1S/C25H27ClN4O3S/c1-17-6-10-22(11-7-17)30-18(2)15-20(19(30)3)16-27-28-25(31)24-5-4-14-29(24)34(32,33)23-12-8-21(26)9-13-23/h6-13,15-16,24H,4-5,14H2,1-3H3,(H,28,31)/b27-16-/t24-/m0/s1. The van der Waals surface area contributed by atoms with E-state index < -0.39 is 22.0 Å². The molecule has 0 bridgehead atoms. The summed E-state index contributed by atoms with van der Waals surface area (Å²) in [5.41, 5.74) is 7.69. The first-order valence-corrected chi connectivity index (χ1v) is 12.9. The third kappa shape index (κ3) is 4.80. The molecule has 178 valence electrons. The molecular weight excluding hydrogens is 472 g/mol. The van der Waals surface area contributed by atoms with E-state index >= 15 is 0 Å². The highest BCUT2D eigenvalue weighted by molar-refractivity contribution is 7.89. The van der Waals surface area contributed by atoms with E-state index in [1.165, 1.54) is 34.1 Å². The van der Waals surface area contributed by atoms with Crippen LogP contribution in [0.4, 0.5) is 0 Å². The topological polar surface area (TPSA) is 83.8 Å². The second-order valence-electron chi connectivity index (χ2n) is 8.46. The lowest BCUT2D eigenvalue weighted by atomic mass is 10.2. The van der Waals surface area contributed by atoms with Crippen LogP contribution in [0.25, 0.3) is 5.69 Å². The summed E-state index contributed by atoms with van der Waals surface area (Å²) in [6.07, 6.45) is 2.64. The molecule has 0 spiro atoms. The SMILES string of the molecule is Cc1ccc(-n2c(C)cc(/C=N\NC(=O)[C@@H]3CCCN3S(=O)(=O)c3ccc(Cl)cc3)c2C)cc1. The summed E-state index contributed by atoms with van der Waals surface area (Å²) in [7, 11) is -3.81. The number of amides is 1. The fraction of sp³-hybridized carbons (Fsp3) is 0.280. The molecule has 0 unspecified atom stereocenters. The Bertz CT molecular complexity index is 1330. The molecule has 7 nitrogen and oxygen atoms in total. The molecule has 34 heavy (non-hydrogen) atoms. The van der Waals surface area contributed by atoms with Gasteiger partial charge in [0.1, 0.15) is 6.04 Å². The first kappa shape index (κ1) is 24.2. The average molecular weight is 499 g/mol. The lowest BCUT2D eigenvalue weighted by Crippen LogP contribution is -2.44. The Labute approximate surface area is 205 Å². The number of halogens is 1. The minimum atomic E-state index is -3.81. The predicted molar refractivity (Wildman–Crippen MR) is 134 cm³/mol. The van der Waals surface area contributed by atoms with Gasteiger partial charge in [-0.25, -0.2) is 13.8 Å². The smallest absolute Gasteiger partial charge is 0.258 e. The fourth-order valence-corrected chi connectivity index (χ4v) is 6.06. The zero-order valence-electron chi connectivity index (χ0n) is 19.3. The van der Waals surface area contributed by atoms with Crippen LogP contribution in [0.5, 0.6) is 0 Å². The molecule has 1 amide bonds. The number of benzene rings is 2. The van der Waals surface area contributed by atoms with E-state index in [9.17, 15) is 13.2 Å². The maximum atomic E-state index is 13.1. The highest BCUT2D eigenvalue weighted by Gasteiger charge is 2.39. The zero-order valence-corrected chi connectivity index (χ0v) is 20.9. The molecule has 1 N–H and O–H groups in total. The van der Waals surface area contributed by atoms with Crippen molar-refractivity contribution in [3.8, 4) is 5.69 Å². The van der Waals surface area contributed by atoms with E-state index in [0.717, 1.165) is 22.6 Å². The fourth-order valence-electron chi connectivity index (χ4n) is 4.28. The van der Waals surface area contributed by atoms with E-state index in [0.29, 0.717) is 17.9 Å². The number of aryl methyl sites for hydroxylation is 2. The molecule has 2 aromatic carbocycles. The van der Waals surface area contributed by atoms with E-state index in [2.05, 4.69) is 39.4 Å². The number of sulfonamides is 1. The quantitative estimate of drug-likeness (QED) is 0.405. The van der Waals surface area contributed by atoms with Crippen molar-refractivity contribution in [1.82, 2.24) is 14.3 Å². The van der Waals surface area contributed by atoms with E-state index in [1.54, 1.807) is 6.21 Å². The summed E-state index contributed by atoms with van der Waals surface area (Å²) >= 11 is 5.88. The second-order valence-corrected chi connectivity index (χ2v) is 10.8. The van der Waals surface area contributed by atoms with Crippen molar-refractivity contribution in [1.29, 1.82) is 0 Å². The number of hydrazone groups is 1. The number of hydrogen-bond acceptors (Lipinski definition) is 4. The normalized spacial score (nSPS) is 16.9. The van der Waals surface area contributed by atoms with Crippen molar-refractivity contribution in [2.45, 2.75) is 44.6 Å². The number of carbonyl (C=O) groups excluding carboxylic acids is 1. The monoisotopic (exact) mass is 498 g/mol. The zero-order chi connectivity index (χ0) is 24.5. The summed E-state index contributed by atoms with van der Waals surface area (Å²) in [4.78, 5) is 12.9. The molecule has 1 aliphatic heterocycles. The maximum Gasteiger partial charge on any atom is 0.258 e. The Morgan fingerprint density at radius 3 is 2.44 bits per heavy atom. The highest BCUT2D eigenvalue weighted by Crippen LogP contribution is 2.27. The van der Waals surface area contributed by atoms with E-state index in [4.69, 9.17) is 11.6 Å². The van der Waals surface area contributed by atoms with Gasteiger partial charge in [-0.1, -0.05) is 29.3 Å². The third-order valence-corrected chi connectivity index (χ3v) is 8.24. The molecule has 2 heterocycles. The number of hydrogen-bond donors (Lipinski definition) is 1. The number of rotatable bonds is 6. The van der Waals surface area contributed by atoms with Crippen molar-refractivity contribution in [2.24, 2.45) is 5.10 Å². The van der Waals surface area contributed by atoms with Gasteiger partial charge >= 0.3 is 0 Å². The Balaban J connectivity index is 1.48. The van der Waals surface area contributed by atoms with Crippen LogP contribution in [-0.4, -0.2) is 42.0 Å². The van der Waals surface area contributed by atoms with E-state index in [1.807, 2.05) is 26.8 Å². The van der Waals surface area contributed by atoms with Gasteiger partial charge in [0.25, 0.3) is 5.91 Å². The van der Waals surface area contributed by atoms with Gasteiger partial charge in [-0.3, -0.25) is 4.79 Å². The summed E-state index contributed by atoms with van der Waals surface area (Å²) in [6.45, 7) is 6.34. The van der Waals surface area contributed by atoms with Crippen LogP contribution in [-0.2, 0) is 14.8 Å². The Hall–Kier alpha value is -2.94. The largest absolute Gasteiger partial charge is 0.318 e. The summed E-state index contributed by atoms with van der Waals surface area (Å²) in [6, 6.07) is 15.4. The number of aromatic nitrogens is 1. The maximum absolute atomic E-state index is 13.1. The van der Waals surface area contributed by atoms with Gasteiger partial charge in [0.15, 0.2) is 0 Å². The van der Waals surface area contributed by atoms with Gasteiger partial charge < -0.3 is 4.57 Å². The Morgan fingerprint density at radius 2 is 1.76 bits per heavy atom. The lowest BCUT2D eigenvalue weighted by Gasteiger charge is -2.22. The first-order valence-electron chi connectivity index (χ1n) is 11.0.